The quantitative estimate of drug-likeness (QED) is 0.163. The third kappa shape index (κ3) is 3.75. The zero-order valence-electron chi connectivity index (χ0n) is 23.7. The fourth-order valence-corrected chi connectivity index (χ4v) is 7.82. The van der Waals surface area contributed by atoms with Crippen LogP contribution >= 0.6 is 11.3 Å². The number of hydrogen-bond donors (Lipinski definition) is 1. The molecule has 0 fully saturated rings. The van der Waals surface area contributed by atoms with E-state index in [1.54, 1.807) is 11.3 Å². The summed E-state index contributed by atoms with van der Waals surface area (Å²) in [6.45, 7) is 0. The molecule has 9 rings (SSSR count). The number of para-hydroxylation sites is 1. The Balaban J connectivity index is 1.21. The molecular formula is C40H25N3S. The molecule has 2 heterocycles. The molecule has 0 atom stereocenters. The van der Waals surface area contributed by atoms with Crippen molar-refractivity contribution in [3.05, 3.63) is 151 Å². The van der Waals surface area contributed by atoms with Gasteiger partial charge >= 0.3 is 0 Å². The first-order chi connectivity index (χ1) is 21.7. The molecule has 0 bridgehead atoms. The van der Waals surface area contributed by atoms with E-state index in [0.29, 0.717) is 5.71 Å². The van der Waals surface area contributed by atoms with Gasteiger partial charge in [-0.1, -0.05) is 103 Å². The molecule has 4 heteroatoms. The first-order valence-electron chi connectivity index (χ1n) is 14.7. The maximum Gasteiger partial charge on any atom is 0.100 e. The Morgan fingerprint density at radius 2 is 1.25 bits per heavy atom. The zero-order chi connectivity index (χ0) is 29.2. The van der Waals surface area contributed by atoms with Crippen molar-refractivity contribution < 1.29 is 0 Å². The van der Waals surface area contributed by atoms with Crippen molar-refractivity contribution in [2.24, 2.45) is 4.99 Å². The van der Waals surface area contributed by atoms with Crippen molar-refractivity contribution in [2.45, 2.75) is 0 Å². The predicted molar refractivity (Wildman–Crippen MR) is 189 cm³/mol. The number of rotatable bonds is 4. The highest BCUT2D eigenvalue weighted by molar-refractivity contribution is 7.25. The van der Waals surface area contributed by atoms with E-state index in [2.05, 4.69) is 120 Å². The van der Waals surface area contributed by atoms with Crippen LogP contribution in [0, 0.1) is 5.41 Å². The van der Waals surface area contributed by atoms with Crippen LogP contribution in [0.15, 0.2) is 145 Å². The molecule has 1 aromatic heterocycles. The summed E-state index contributed by atoms with van der Waals surface area (Å²) >= 11 is 1.77. The summed E-state index contributed by atoms with van der Waals surface area (Å²) in [5, 5.41) is 16.6. The molecule has 1 aliphatic heterocycles. The number of thiophene rings is 1. The van der Waals surface area contributed by atoms with E-state index in [0.717, 1.165) is 33.6 Å². The first-order valence-corrected chi connectivity index (χ1v) is 15.5. The summed E-state index contributed by atoms with van der Waals surface area (Å²) in [6.07, 6.45) is 1.94. The Morgan fingerprint density at radius 3 is 2.16 bits per heavy atom. The van der Waals surface area contributed by atoms with E-state index in [1.165, 1.54) is 47.5 Å². The van der Waals surface area contributed by atoms with Gasteiger partial charge in [-0.2, -0.15) is 0 Å². The molecule has 0 amide bonds. The standard InChI is InChI=1S/C40H25N3S/c41-40(31-17-9-21-37-39(31)30-15-4-6-20-36(30)44-37)29-14-3-5-18-33(29)42-24-43-34-19-8-13-25-12-7-16-28(38(25)34)32-22-26-10-1-2-11-27(26)23-35(32)43/h1-24,41H/b41-40?,42-24+. The van der Waals surface area contributed by atoms with E-state index in [-0.39, 0.29) is 0 Å². The van der Waals surface area contributed by atoms with Crippen LogP contribution in [0.4, 0.5) is 17.1 Å². The van der Waals surface area contributed by atoms with Gasteiger partial charge in [0.25, 0.3) is 0 Å². The average molecular weight is 580 g/mol. The Hall–Kier alpha value is -5.58. The molecule has 0 unspecified atom stereocenters. The lowest BCUT2D eigenvalue weighted by Crippen LogP contribution is -2.18. The zero-order valence-corrected chi connectivity index (χ0v) is 24.5. The minimum atomic E-state index is 0.476. The van der Waals surface area contributed by atoms with Crippen molar-refractivity contribution in [3.63, 3.8) is 0 Å². The lowest BCUT2D eigenvalue weighted by molar-refractivity contribution is 1.35. The van der Waals surface area contributed by atoms with E-state index >= 15 is 0 Å². The molecule has 0 aliphatic carbocycles. The van der Waals surface area contributed by atoms with Crippen molar-refractivity contribution in [1.29, 1.82) is 5.41 Å². The van der Waals surface area contributed by atoms with E-state index in [9.17, 15) is 5.41 Å². The molecule has 3 nitrogen and oxygen atoms in total. The van der Waals surface area contributed by atoms with Gasteiger partial charge in [-0.05, 0) is 58.1 Å². The van der Waals surface area contributed by atoms with Crippen LogP contribution < -0.4 is 4.90 Å². The van der Waals surface area contributed by atoms with E-state index in [1.807, 2.05) is 30.6 Å². The van der Waals surface area contributed by atoms with Gasteiger partial charge in [-0.3, -0.25) is 10.3 Å². The summed E-state index contributed by atoms with van der Waals surface area (Å²) < 4.78 is 2.43. The summed E-state index contributed by atoms with van der Waals surface area (Å²) in [5.41, 5.74) is 7.61. The Kier molecular flexibility index (Phi) is 5.52. The molecule has 206 valence electrons. The third-order valence-electron chi connectivity index (χ3n) is 8.71. The first kappa shape index (κ1) is 25.0. The second-order valence-electron chi connectivity index (χ2n) is 11.2. The van der Waals surface area contributed by atoms with Crippen molar-refractivity contribution in [2.75, 3.05) is 4.90 Å². The Labute approximate surface area is 258 Å². The van der Waals surface area contributed by atoms with Gasteiger partial charge in [0.1, 0.15) is 6.34 Å². The molecule has 44 heavy (non-hydrogen) atoms. The van der Waals surface area contributed by atoms with E-state index < -0.39 is 0 Å². The molecule has 0 saturated carbocycles. The topological polar surface area (TPSA) is 39.5 Å². The molecule has 0 radical (unpaired) electrons. The van der Waals surface area contributed by atoms with Crippen LogP contribution in [0.2, 0.25) is 0 Å². The molecular weight excluding hydrogens is 555 g/mol. The summed E-state index contributed by atoms with van der Waals surface area (Å²) in [6, 6.07) is 48.8. The molecule has 7 aromatic carbocycles. The number of nitrogens with zero attached hydrogens (tertiary/aromatic N) is 2. The van der Waals surface area contributed by atoms with Crippen molar-refractivity contribution in [3.8, 4) is 11.1 Å². The fourth-order valence-electron chi connectivity index (χ4n) is 6.69. The van der Waals surface area contributed by atoms with Crippen LogP contribution in [0.3, 0.4) is 0 Å². The van der Waals surface area contributed by atoms with Crippen molar-refractivity contribution in [1.82, 2.24) is 0 Å². The van der Waals surface area contributed by atoms with Gasteiger partial charge in [0, 0.05) is 42.2 Å². The van der Waals surface area contributed by atoms with E-state index in [4.69, 9.17) is 4.99 Å². The SMILES string of the molecule is N=C(c1ccccc1/N=C/N1c2cc3ccccc3cc2-c2cccc3cccc1c23)c1cccc2sc3ccccc3c12. The second-order valence-corrected chi connectivity index (χ2v) is 12.3. The predicted octanol–water partition coefficient (Wildman–Crippen LogP) is 11.3. The van der Waals surface area contributed by atoms with Crippen LogP contribution in [0.25, 0.3) is 52.8 Å². The van der Waals surface area contributed by atoms with Gasteiger partial charge in [0.15, 0.2) is 0 Å². The molecule has 1 N–H and O–H groups in total. The van der Waals surface area contributed by atoms with Gasteiger partial charge in [0.05, 0.1) is 22.8 Å². The highest BCUT2D eigenvalue weighted by Crippen LogP contribution is 2.48. The smallest absolute Gasteiger partial charge is 0.100 e. The van der Waals surface area contributed by atoms with Gasteiger partial charge in [0.2, 0.25) is 0 Å². The number of benzene rings is 7. The normalized spacial score (nSPS) is 12.5. The summed E-state index contributed by atoms with van der Waals surface area (Å²) in [4.78, 5) is 7.32. The Bertz CT molecular complexity index is 2480. The molecule has 1 aliphatic rings. The third-order valence-corrected chi connectivity index (χ3v) is 9.85. The largest absolute Gasteiger partial charge is 0.300 e. The molecule has 8 aromatic rings. The molecule has 0 saturated heterocycles. The number of hydrogen-bond acceptors (Lipinski definition) is 3. The lowest BCUT2D eigenvalue weighted by atomic mass is 9.90. The summed E-state index contributed by atoms with van der Waals surface area (Å²) in [7, 11) is 0. The van der Waals surface area contributed by atoms with Gasteiger partial charge in [-0.15, -0.1) is 11.3 Å². The average Bonchev–Trinajstić information content (AvgIpc) is 3.46. The fraction of sp³-hybridized carbons (Fsp3) is 0. The summed E-state index contributed by atoms with van der Waals surface area (Å²) in [5.74, 6) is 0. The second kappa shape index (κ2) is 9.73. The maximum atomic E-state index is 9.44. The Morgan fingerprint density at radius 1 is 0.568 bits per heavy atom. The highest BCUT2D eigenvalue weighted by atomic mass is 32.1. The van der Waals surface area contributed by atoms with Crippen LogP contribution in [0.5, 0.6) is 0 Å². The van der Waals surface area contributed by atoms with Crippen LogP contribution in [-0.2, 0) is 0 Å². The maximum absolute atomic E-state index is 9.44. The van der Waals surface area contributed by atoms with Gasteiger partial charge in [-0.25, -0.2) is 4.99 Å². The number of anilines is 2. The number of aliphatic imine (C=N–C) groups is 1. The monoisotopic (exact) mass is 579 g/mol. The van der Waals surface area contributed by atoms with Crippen molar-refractivity contribution >= 4 is 82.2 Å². The van der Waals surface area contributed by atoms with Crippen LogP contribution in [-0.4, -0.2) is 12.1 Å². The minimum Gasteiger partial charge on any atom is -0.300 e. The minimum absolute atomic E-state index is 0.476. The highest BCUT2D eigenvalue weighted by Gasteiger charge is 2.24. The lowest BCUT2D eigenvalue weighted by Gasteiger charge is -2.30. The number of nitrogens with one attached hydrogen (secondary N) is 1. The number of fused-ring (bicyclic) bond motifs is 6. The van der Waals surface area contributed by atoms with Gasteiger partial charge < -0.3 is 0 Å². The molecule has 0 spiro atoms. The van der Waals surface area contributed by atoms with Crippen LogP contribution in [0.1, 0.15) is 11.1 Å².